The van der Waals surface area contributed by atoms with E-state index >= 15 is 0 Å². The number of ether oxygens (including phenoxy) is 1. The molecule has 1 atom stereocenters. The topological polar surface area (TPSA) is 93.4 Å². The zero-order valence-corrected chi connectivity index (χ0v) is 11.7. The maximum absolute atomic E-state index is 11.5. The van der Waals surface area contributed by atoms with Gasteiger partial charge in [-0.1, -0.05) is 0 Å². The minimum absolute atomic E-state index is 0.0283. The molecule has 18 heavy (non-hydrogen) atoms. The molecule has 0 radical (unpaired) electrons. The molecule has 0 aromatic heterocycles. The summed E-state index contributed by atoms with van der Waals surface area (Å²) in [6, 6.07) is 0. The molecule has 0 fully saturated rings. The highest BCUT2D eigenvalue weighted by Gasteiger charge is 2.16. The quantitative estimate of drug-likeness (QED) is 0.589. The Balaban J connectivity index is 3.92. The molecule has 0 aliphatic rings. The monoisotopic (exact) mass is 259 g/mol. The summed E-state index contributed by atoms with van der Waals surface area (Å²) in [4.78, 5) is 23.0. The average molecular weight is 259 g/mol. The van der Waals surface area contributed by atoms with Crippen LogP contribution in [0.1, 0.15) is 34.1 Å². The van der Waals surface area contributed by atoms with E-state index < -0.39 is 0 Å². The SMILES string of the molecule is CCOC(CN)CC(=O)NCC(=O)NC(C)(C)C. The Hall–Kier alpha value is -1.14. The van der Waals surface area contributed by atoms with E-state index in [4.69, 9.17) is 10.5 Å². The Kier molecular flexibility index (Phi) is 7.54. The van der Waals surface area contributed by atoms with E-state index in [1.54, 1.807) is 0 Å². The summed E-state index contributed by atoms with van der Waals surface area (Å²) in [7, 11) is 0. The second kappa shape index (κ2) is 8.05. The highest BCUT2D eigenvalue weighted by Crippen LogP contribution is 1.98. The van der Waals surface area contributed by atoms with E-state index in [9.17, 15) is 9.59 Å². The number of nitrogens with two attached hydrogens (primary N) is 1. The van der Waals surface area contributed by atoms with Crippen molar-refractivity contribution in [3.8, 4) is 0 Å². The molecule has 106 valence electrons. The van der Waals surface area contributed by atoms with Crippen molar-refractivity contribution >= 4 is 11.8 Å². The number of nitrogens with one attached hydrogen (secondary N) is 2. The van der Waals surface area contributed by atoms with Gasteiger partial charge in [0.05, 0.1) is 19.1 Å². The highest BCUT2D eigenvalue weighted by atomic mass is 16.5. The number of carbonyl (C=O) groups excluding carboxylic acids is 2. The van der Waals surface area contributed by atoms with Crippen molar-refractivity contribution in [3.63, 3.8) is 0 Å². The Morgan fingerprint density at radius 2 is 1.89 bits per heavy atom. The summed E-state index contributed by atoms with van der Waals surface area (Å²) >= 11 is 0. The van der Waals surface area contributed by atoms with Crippen LogP contribution in [0.4, 0.5) is 0 Å². The van der Waals surface area contributed by atoms with Gasteiger partial charge in [-0.3, -0.25) is 9.59 Å². The first-order valence-electron chi connectivity index (χ1n) is 6.18. The molecule has 2 amide bonds. The van der Waals surface area contributed by atoms with Gasteiger partial charge in [-0.05, 0) is 27.7 Å². The van der Waals surface area contributed by atoms with Crippen molar-refractivity contribution in [2.75, 3.05) is 19.7 Å². The summed E-state index contributed by atoms with van der Waals surface area (Å²) in [6.45, 7) is 8.26. The van der Waals surface area contributed by atoms with E-state index in [0.717, 1.165) is 0 Å². The number of carbonyl (C=O) groups is 2. The molecule has 6 nitrogen and oxygen atoms in total. The summed E-state index contributed by atoms with van der Waals surface area (Å²) in [5, 5.41) is 5.30. The second-order valence-electron chi connectivity index (χ2n) is 5.09. The first-order valence-corrected chi connectivity index (χ1v) is 6.18. The minimum Gasteiger partial charge on any atom is -0.377 e. The Bertz CT molecular complexity index is 274. The van der Waals surface area contributed by atoms with Crippen LogP contribution >= 0.6 is 0 Å². The van der Waals surface area contributed by atoms with Crippen molar-refractivity contribution in [1.82, 2.24) is 10.6 Å². The van der Waals surface area contributed by atoms with Crippen LogP contribution in [0.5, 0.6) is 0 Å². The van der Waals surface area contributed by atoms with Crippen molar-refractivity contribution in [2.45, 2.75) is 45.8 Å². The molecule has 0 spiro atoms. The van der Waals surface area contributed by atoms with E-state index in [1.165, 1.54) is 0 Å². The lowest BCUT2D eigenvalue weighted by Gasteiger charge is -2.20. The highest BCUT2D eigenvalue weighted by molar-refractivity contribution is 5.85. The van der Waals surface area contributed by atoms with E-state index in [2.05, 4.69) is 10.6 Å². The summed E-state index contributed by atoms with van der Waals surface area (Å²) in [5.41, 5.74) is 5.16. The van der Waals surface area contributed by atoms with Crippen LogP contribution in [0, 0.1) is 0 Å². The second-order valence-corrected chi connectivity index (χ2v) is 5.09. The molecule has 0 aliphatic carbocycles. The van der Waals surface area contributed by atoms with Gasteiger partial charge in [-0.2, -0.15) is 0 Å². The molecule has 0 aromatic rings. The summed E-state index contributed by atoms with van der Waals surface area (Å²) < 4.78 is 5.26. The standard InChI is InChI=1S/C12H25N3O3/c1-5-18-9(7-13)6-10(16)14-8-11(17)15-12(2,3)4/h9H,5-8,13H2,1-4H3,(H,14,16)(H,15,17). The number of hydrogen-bond donors (Lipinski definition) is 3. The van der Waals surface area contributed by atoms with Crippen molar-refractivity contribution < 1.29 is 14.3 Å². The maximum atomic E-state index is 11.5. The summed E-state index contributed by atoms with van der Waals surface area (Å²) in [5.74, 6) is -0.445. The van der Waals surface area contributed by atoms with Crippen LogP contribution in [-0.4, -0.2) is 43.2 Å². The largest absolute Gasteiger partial charge is 0.377 e. The third kappa shape index (κ3) is 8.95. The van der Waals surface area contributed by atoms with Crippen LogP contribution in [0.2, 0.25) is 0 Å². The predicted octanol–water partition coefficient (Wildman–Crippen LogP) is -0.229. The lowest BCUT2D eigenvalue weighted by Crippen LogP contribution is -2.46. The molecule has 0 aromatic carbocycles. The molecule has 0 saturated heterocycles. The Labute approximate surface area is 109 Å². The molecule has 6 heteroatoms. The first kappa shape index (κ1) is 16.9. The fourth-order valence-electron chi connectivity index (χ4n) is 1.37. The number of rotatable bonds is 7. The zero-order valence-electron chi connectivity index (χ0n) is 11.7. The first-order chi connectivity index (χ1) is 8.28. The normalized spacial score (nSPS) is 12.9. The van der Waals surface area contributed by atoms with Crippen LogP contribution in [0.3, 0.4) is 0 Å². The van der Waals surface area contributed by atoms with Gasteiger partial charge in [0.1, 0.15) is 0 Å². The fourth-order valence-corrected chi connectivity index (χ4v) is 1.37. The third-order valence-corrected chi connectivity index (χ3v) is 2.04. The van der Waals surface area contributed by atoms with Gasteiger partial charge < -0.3 is 21.1 Å². The lowest BCUT2D eigenvalue weighted by molar-refractivity contribution is -0.128. The van der Waals surface area contributed by atoms with Crippen molar-refractivity contribution in [1.29, 1.82) is 0 Å². The van der Waals surface area contributed by atoms with E-state index in [0.29, 0.717) is 6.61 Å². The van der Waals surface area contributed by atoms with Crippen LogP contribution < -0.4 is 16.4 Å². The molecule has 1 unspecified atom stereocenters. The third-order valence-electron chi connectivity index (χ3n) is 2.04. The van der Waals surface area contributed by atoms with Crippen LogP contribution in [0.25, 0.3) is 0 Å². The fraction of sp³-hybridized carbons (Fsp3) is 0.833. The smallest absolute Gasteiger partial charge is 0.239 e. The molecule has 0 aliphatic heterocycles. The molecular weight excluding hydrogens is 234 g/mol. The van der Waals surface area contributed by atoms with Gasteiger partial charge in [0.15, 0.2) is 0 Å². The number of amides is 2. The number of hydrogen-bond acceptors (Lipinski definition) is 4. The maximum Gasteiger partial charge on any atom is 0.239 e. The average Bonchev–Trinajstić information content (AvgIpc) is 2.23. The van der Waals surface area contributed by atoms with Crippen molar-refractivity contribution in [2.24, 2.45) is 5.73 Å². The lowest BCUT2D eigenvalue weighted by atomic mass is 10.1. The predicted molar refractivity (Wildman–Crippen MR) is 70.0 cm³/mol. The van der Waals surface area contributed by atoms with Gasteiger partial charge >= 0.3 is 0 Å². The Morgan fingerprint density at radius 3 is 2.33 bits per heavy atom. The molecule has 0 saturated carbocycles. The Morgan fingerprint density at radius 1 is 1.28 bits per heavy atom. The summed E-state index contributed by atoms with van der Waals surface area (Å²) in [6.07, 6.45) is -0.117. The molecule has 4 N–H and O–H groups in total. The molecule has 0 bridgehead atoms. The minimum atomic E-state index is -0.299. The van der Waals surface area contributed by atoms with Crippen molar-refractivity contribution in [3.05, 3.63) is 0 Å². The van der Waals surface area contributed by atoms with E-state index in [1.807, 2.05) is 27.7 Å². The molecule has 0 rings (SSSR count). The molecular formula is C12H25N3O3. The van der Waals surface area contributed by atoms with Gasteiger partial charge in [-0.25, -0.2) is 0 Å². The van der Waals surface area contributed by atoms with Crippen LogP contribution in [0.15, 0.2) is 0 Å². The van der Waals surface area contributed by atoms with Gasteiger partial charge in [-0.15, -0.1) is 0 Å². The van der Waals surface area contributed by atoms with Gasteiger partial charge in [0.25, 0.3) is 0 Å². The van der Waals surface area contributed by atoms with Gasteiger partial charge in [0.2, 0.25) is 11.8 Å². The molecule has 0 heterocycles. The van der Waals surface area contributed by atoms with Crippen LogP contribution in [-0.2, 0) is 14.3 Å². The zero-order chi connectivity index (χ0) is 14.2. The van der Waals surface area contributed by atoms with Gasteiger partial charge in [0, 0.05) is 18.7 Å². The van der Waals surface area contributed by atoms with E-state index in [-0.39, 0.29) is 43.0 Å².